The van der Waals surface area contributed by atoms with Crippen molar-refractivity contribution in [3.63, 3.8) is 0 Å². The van der Waals surface area contributed by atoms with Crippen molar-refractivity contribution >= 4 is 52.1 Å². The number of benzene rings is 2. The first-order valence-corrected chi connectivity index (χ1v) is 16.4. The van der Waals surface area contributed by atoms with Crippen LogP contribution in [-0.2, 0) is 36.9 Å². The molecular weight excluding hydrogens is 620 g/mol. The summed E-state index contributed by atoms with van der Waals surface area (Å²) in [5, 5.41) is 15.9. The molecule has 2 aromatic carbocycles. The number of alkyl carbamates (subject to hydrolysis) is 1. The minimum Gasteiger partial charge on any atom is -0.466 e. The van der Waals surface area contributed by atoms with Crippen LogP contribution in [0, 0.1) is 0 Å². The molecule has 12 nitrogen and oxygen atoms in total. The summed E-state index contributed by atoms with van der Waals surface area (Å²) in [6.45, 7) is 6.70. The van der Waals surface area contributed by atoms with E-state index in [-0.39, 0.29) is 37.4 Å². The molecule has 0 saturated carbocycles. The highest BCUT2D eigenvalue weighted by Crippen LogP contribution is 2.19. The lowest BCUT2D eigenvalue weighted by molar-refractivity contribution is -0.142. The Balaban J connectivity index is 1.62. The fourth-order valence-electron chi connectivity index (χ4n) is 4.81. The summed E-state index contributed by atoms with van der Waals surface area (Å²) in [5.74, 6) is -1.11. The Kier molecular flexibility index (Phi) is 15.5. The van der Waals surface area contributed by atoms with Crippen LogP contribution in [0.4, 0.5) is 4.79 Å². The average molecular weight is 667 g/mol. The molecule has 0 fully saturated rings. The molecule has 13 heteroatoms. The number of para-hydroxylation sites is 1. The second-order valence-corrected chi connectivity index (χ2v) is 11.7. The number of aromatic nitrogens is 1. The molecule has 3 rings (SSSR count). The number of amides is 3. The molecule has 0 unspecified atom stereocenters. The van der Waals surface area contributed by atoms with Crippen LogP contribution >= 0.6 is 12.2 Å². The van der Waals surface area contributed by atoms with Gasteiger partial charge in [0.1, 0.15) is 18.7 Å². The second-order valence-electron chi connectivity index (χ2n) is 11.3. The van der Waals surface area contributed by atoms with Crippen molar-refractivity contribution in [2.75, 3.05) is 19.7 Å². The Hall–Kier alpha value is -4.65. The Morgan fingerprint density at radius 3 is 2.28 bits per heavy atom. The molecule has 1 heterocycles. The molecule has 6 N–H and O–H groups in total. The van der Waals surface area contributed by atoms with Gasteiger partial charge >= 0.3 is 12.1 Å². The summed E-state index contributed by atoms with van der Waals surface area (Å²) in [5.41, 5.74) is 2.63. The maximum absolute atomic E-state index is 13.7. The molecule has 0 radical (unpaired) electrons. The molecule has 0 spiro atoms. The van der Waals surface area contributed by atoms with E-state index in [0.29, 0.717) is 44.1 Å². The van der Waals surface area contributed by atoms with Crippen LogP contribution in [-0.4, -0.2) is 71.8 Å². The number of carbonyl (C=O) groups is 4. The summed E-state index contributed by atoms with van der Waals surface area (Å²) in [6, 6.07) is 15.0. The topological polar surface area (TPSA) is 163 Å². The lowest BCUT2D eigenvalue weighted by Gasteiger charge is -2.24. The second kappa shape index (κ2) is 19.8. The first-order valence-electron chi connectivity index (χ1n) is 16.0. The molecule has 0 aliphatic carbocycles. The average Bonchev–Trinajstić information content (AvgIpc) is 3.45. The minimum absolute atomic E-state index is 0.0471. The molecule has 0 saturated heterocycles. The molecule has 0 aliphatic rings. The molecule has 1 aromatic heterocycles. The van der Waals surface area contributed by atoms with Gasteiger partial charge in [0.25, 0.3) is 0 Å². The van der Waals surface area contributed by atoms with E-state index < -0.39 is 24.1 Å². The number of carbonyl (C=O) groups excluding carboxylic acids is 4. The van der Waals surface area contributed by atoms with E-state index in [1.54, 1.807) is 6.92 Å². The zero-order valence-corrected chi connectivity index (χ0v) is 28.0. The van der Waals surface area contributed by atoms with Gasteiger partial charge in [0, 0.05) is 42.7 Å². The maximum atomic E-state index is 13.7. The van der Waals surface area contributed by atoms with Crippen LogP contribution in [0.15, 0.2) is 60.8 Å². The van der Waals surface area contributed by atoms with E-state index in [9.17, 15) is 19.2 Å². The number of aromatic amines is 1. The van der Waals surface area contributed by atoms with Crippen LogP contribution in [0.25, 0.3) is 10.9 Å². The number of ether oxygens (including phenoxy) is 2. The van der Waals surface area contributed by atoms with Gasteiger partial charge in [0.05, 0.1) is 13.0 Å². The summed E-state index contributed by atoms with van der Waals surface area (Å²) < 4.78 is 10.3. The number of unbranched alkanes of at least 4 members (excludes halogenated alkanes) is 1. The maximum Gasteiger partial charge on any atom is 0.408 e. The van der Waals surface area contributed by atoms with Gasteiger partial charge in [-0.15, -0.1) is 0 Å². The van der Waals surface area contributed by atoms with E-state index >= 15 is 0 Å². The number of nitrogens with one attached hydrogen (secondary N) is 6. The van der Waals surface area contributed by atoms with Crippen LogP contribution in [0.5, 0.6) is 0 Å². The van der Waals surface area contributed by atoms with Crippen LogP contribution < -0.4 is 26.6 Å². The summed E-state index contributed by atoms with van der Waals surface area (Å²) in [6.07, 6.45) is 3.05. The molecule has 254 valence electrons. The lowest BCUT2D eigenvalue weighted by Crippen LogP contribution is -2.55. The predicted octanol–water partition coefficient (Wildman–Crippen LogP) is 3.60. The third kappa shape index (κ3) is 13.3. The Labute approximate surface area is 281 Å². The first-order chi connectivity index (χ1) is 22.7. The smallest absolute Gasteiger partial charge is 0.408 e. The molecule has 3 amide bonds. The van der Waals surface area contributed by atoms with Gasteiger partial charge in [0.2, 0.25) is 11.8 Å². The van der Waals surface area contributed by atoms with Crippen molar-refractivity contribution in [2.24, 2.45) is 0 Å². The van der Waals surface area contributed by atoms with Crippen molar-refractivity contribution in [1.82, 2.24) is 31.6 Å². The zero-order chi connectivity index (χ0) is 34.0. The largest absolute Gasteiger partial charge is 0.466 e. The highest BCUT2D eigenvalue weighted by molar-refractivity contribution is 7.80. The monoisotopic (exact) mass is 666 g/mol. The molecular formula is C34H46N6O6S. The number of hydrogen-bond donors (Lipinski definition) is 6. The van der Waals surface area contributed by atoms with Crippen LogP contribution in [0.3, 0.4) is 0 Å². The zero-order valence-electron chi connectivity index (χ0n) is 27.2. The number of H-pyrrole nitrogens is 1. The number of hydrogen-bond acceptors (Lipinski definition) is 7. The van der Waals surface area contributed by atoms with Gasteiger partial charge in [-0.2, -0.15) is 0 Å². The van der Waals surface area contributed by atoms with E-state index in [1.165, 1.54) is 0 Å². The number of esters is 1. The highest BCUT2D eigenvalue weighted by Gasteiger charge is 2.28. The summed E-state index contributed by atoms with van der Waals surface area (Å²) in [7, 11) is 0. The normalized spacial score (nSPS) is 12.1. The van der Waals surface area contributed by atoms with E-state index in [0.717, 1.165) is 22.0 Å². The Bertz CT molecular complexity index is 1460. The quantitative estimate of drug-likeness (QED) is 0.0677. The SMILES string of the molecule is CCOC(=O)CCNC(=S)NCCCC[C@H](NC(=O)OCc1ccccc1)C(=O)N[C@@H](Cc1c[nH]c2ccccc12)C(=O)NC(C)C. The molecule has 2 atom stereocenters. The van der Waals surface area contributed by atoms with Crippen molar-refractivity contribution in [1.29, 1.82) is 0 Å². The van der Waals surface area contributed by atoms with Gasteiger partial charge in [-0.1, -0.05) is 48.5 Å². The number of thiocarbonyl (C=S) groups is 1. The van der Waals surface area contributed by atoms with Crippen molar-refractivity contribution in [3.8, 4) is 0 Å². The highest BCUT2D eigenvalue weighted by atomic mass is 32.1. The summed E-state index contributed by atoms with van der Waals surface area (Å²) >= 11 is 5.27. The fraction of sp³-hybridized carbons (Fsp3) is 0.441. The third-order valence-electron chi connectivity index (χ3n) is 7.11. The fourth-order valence-corrected chi connectivity index (χ4v) is 5.02. The summed E-state index contributed by atoms with van der Waals surface area (Å²) in [4.78, 5) is 54.5. The van der Waals surface area contributed by atoms with E-state index in [2.05, 4.69) is 31.6 Å². The number of fused-ring (bicyclic) bond motifs is 1. The van der Waals surface area contributed by atoms with Crippen molar-refractivity contribution < 1.29 is 28.7 Å². The van der Waals surface area contributed by atoms with Gasteiger partial charge in [-0.3, -0.25) is 14.4 Å². The van der Waals surface area contributed by atoms with Crippen LogP contribution in [0.1, 0.15) is 57.6 Å². The lowest BCUT2D eigenvalue weighted by atomic mass is 10.0. The number of rotatable bonds is 18. The first kappa shape index (κ1) is 36.8. The third-order valence-corrected chi connectivity index (χ3v) is 7.40. The molecule has 0 bridgehead atoms. The van der Waals surface area contributed by atoms with Gasteiger partial charge in [0.15, 0.2) is 5.11 Å². The van der Waals surface area contributed by atoms with Crippen molar-refractivity contribution in [3.05, 3.63) is 71.9 Å². The standard InChI is InChI=1S/C34H46N6O6S/c1-4-45-30(41)17-19-36-33(47)35-18-11-10-16-28(40-34(44)46-22-24-12-6-5-7-13-24)31(42)39-29(32(43)38-23(2)3)20-25-21-37-27-15-9-8-14-26(25)27/h5-9,12-15,21,23,28-29,37H,4,10-11,16-20,22H2,1-3H3,(H,38,43)(H,39,42)(H,40,44)(H2,35,36,47)/t28-,29-/m0/s1. The van der Waals surface area contributed by atoms with Crippen molar-refractivity contribution in [2.45, 2.75) is 77.6 Å². The Morgan fingerprint density at radius 1 is 0.830 bits per heavy atom. The van der Waals surface area contributed by atoms with Gasteiger partial charge < -0.3 is 41.0 Å². The minimum atomic E-state index is -0.953. The van der Waals surface area contributed by atoms with Gasteiger partial charge in [-0.05, 0) is 69.4 Å². The molecule has 3 aromatic rings. The predicted molar refractivity (Wildman–Crippen MR) is 184 cm³/mol. The van der Waals surface area contributed by atoms with E-state index in [1.807, 2.05) is 74.6 Å². The van der Waals surface area contributed by atoms with E-state index in [4.69, 9.17) is 21.7 Å². The molecule has 0 aliphatic heterocycles. The van der Waals surface area contributed by atoms with Crippen LogP contribution in [0.2, 0.25) is 0 Å². The van der Waals surface area contributed by atoms with Gasteiger partial charge in [-0.25, -0.2) is 4.79 Å². The Morgan fingerprint density at radius 2 is 1.53 bits per heavy atom. The molecule has 47 heavy (non-hydrogen) atoms.